The number of para-hydroxylation sites is 1. The van der Waals surface area contributed by atoms with Crippen LogP contribution in [0.1, 0.15) is 36.0 Å². The number of aromatic nitrogens is 1. The summed E-state index contributed by atoms with van der Waals surface area (Å²) in [5.41, 5.74) is 1.17. The van der Waals surface area contributed by atoms with Crippen LogP contribution in [0.5, 0.6) is 5.75 Å². The molecule has 0 aliphatic carbocycles. The highest BCUT2D eigenvalue weighted by molar-refractivity contribution is 5.78. The maximum atomic E-state index is 13.7. The van der Waals surface area contributed by atoms with Crippen molar-refractivity contribution in [3.05, 3.63) is 83.8 Å². The number of hydrogen-bond acceptors (Lipinski definition) is 4. The molecule has 0 spiro atoms. The van der Waals surface area contributed by atoms with E-state index < -0.39 is 5.82 Å². The number of carbonyl (C=O) groups is 1. The molecule has 29 heavy (non-hydrogen) atoms. The Kier molecular flexibility index (Phi) is 5.89. The van der Waals surface area contributed by atoms with Crippen LogP contribution in [-0.4, -0.2) is 35.5 Å². The molecule has 3 aromatic rings. The van der Waals surface area contributed by atoms with Gasteiger partial charge in [-0.3, -0.25) is 4.79 Å². The topological polar surface area (TPSA) is 55.6 Å². The molecule has 6 heteroatoms. The summed E-state index contributed by atoms with van der Waals surface area (Å²) in [6, 6.07) is 16.2. The number of nitrogens with zero attached hydrogens (tertiary/aromatic N) is 2. The van der Waals surface area contributed by atoms with Gasteiger partial charge in [-0.25, -0.2) is 9.37 Å². The molecule has 1 aliphatic rings. The van der Waals surface area contributed by atoms with Crippen LogP contribution in [0.25, 0.3) is 0 Å². The molecule has 0 N–H and O–H groups in total. The Hall–Kier alpha value is -3.15. The van der Waals surface area contributed by atoms with Crippen molar-refractivity contribution in [2.75, 3.05) is 19.7 Å². The van der Waals surface area contributed by atoms with Gasteiger partial charge in [0, 0.05) is 19.5 Å². The summed E-state index contributed by atoms with van der Waals surface area (Å²) in [5, 5.41) is 0. The van der Waals surface area contributed by atoms with Crippen molar-refractivity contribution in [3.8, 4) is 5.75 Å². The highest BCUT2D eigenvalue weighted by Crippen LogP contribution is 2.27. The highest BCUT2D eigenvalue weighted by atomic mass is 19.1. The minimum absolute atomic E-state index is 0.0608. The largest absolute Gasteiger partial charge is 0.481 e. The van der Waals surface area contributed by atoms with E-state index in [4.69, 9.17) is 9.15 Å². The maximum absolute atomic E-state index is 13.7. The van der Waals surface area contributed by atoms with Crippen molar-refractivity contribution < 1.29 is 18.3 Å². The summed E-state index contributed by atoms with van der Waals surface area (Å²) in [7, 11) is 0. The Morgan fingerprint density at radius 2 is 1.97 bits per heavy atom. The smallest absolute Gasteiger partial charge is 0.260 e. The molecule has 1 saturated heterocycles. The summed E-state index contributed by atoms with van der Waals surface area (Å²) < 4.78 is 25.0. The van der Waals surface area contributed by atoms with Crippen molar-refractivity contribution in [2.45, 2.75) is 25.2 Å². The van der Waals surface area contributed by atoms with Crippen LogP contribution in [-0.2, 0) is 11.2 Å². The Bertz CT molecular complexity index is 958. The SMILES string of the molecule is O=C(COc1ccccc1F)N1CCC[C@@H](c2ncc(Cc3ccccc3)o2)C1. The number of halogens is 1. The zero-order valence-corrected chi connectivity index (χ0v) is 16.1. The maximum Gasteiger partial charge on any atom is 0.260 e. The van der Waals surface area contributed by atoms with Crippen LogP contribution < -0.4 is 4.74 Å². The third-order valence-electron chi connectivity index (χ3n) is 5.10. The van der Waals surface area contributed by atoms with Crippen molar-refractivity contribution in [2.24, 2.45) is 0 Å². The van der Waals surface area contributed by atoms with Gasteiger partial charge in [-0.05, 0) is 30.5 Å². The number of amides is 1. The van der Waals surface area contributed by atoms with E-state index in [0.717, 1.165) is 18.6 Å². The minimum Gasteiger partial charge on any atom is -0.481 e. The van der Waals surface area contributed by atoms with Crippen LogP contribution in [0.4, 0.5) is 4.39 Å². The van der Waals surface area contributed by atoms with Gasteiger partial charge in [0.1, 0.15) is 5.76 Å². The molecule has 1 amide bonds. The number of oxazole rings is 1. The van der Waals surface area contributed by atoms with Gasteiger partial charge in [-0.2, -0.15) is 0 Å². The van der Waals surface area contributed by atoms with Gasteiger partial charge in [-0.15, -0.1) is 0 Å². The average Bonchev–Trinajstić information content (AvgIpc) is 3.22. The van der Waals surface area contributed by atoms with Crippen molar-refractivity contribution in [1.82, 2.24) is 9.88 Å². The standard InChI is InChI=1S/C23H23FN2O3/c24-20-10-4-5-11-21(20)28-16-22(27)26-12-6-9-18(15-26)23-25-14-19(29-23)13-17-7-2-1-3-8-17/h1-5,7-8,10-11,14,18H,6,9,12-13,15-16H2/t18-/m1/s1. The molecule has 2 aromatic carbocycles. The van der Waals surface area contributed by atoms with E-state index in [1.807, 2.05) is 18.2 Å². The predicted octanol–water partition coefficient (Wildman–Crippen LogP) is 4.19. The van der Waals surface area contributed by atoms with Crippen LogP contribution >= 0.6 is 0 Å². The molecule has 0 saturated carbocycles. The van der Waals surface area contributed by atoms with Crippen LogP contribution in [0, 0.1) is 5.82 Å². The van der Waals surface area contributed by atoms with Gasteiger partial charge in [0.2, 0.25) is 0 Å². The summed E-state index contributed by atoms with van der Waals surface area (Å²) in [4.78, 5) is 18.7. The molecule has 2 heterocycles. The number of piperidine rings is 1. The minimum atomic E-state index is -0.470. The number of benzene rings is 2. The van der Waals surface area contributed by atoms with Gasteiger partial charge >= 0.3 is 0 Å². The Balaban J connectivity index is 1.34. The molecule has 150 valence electrons. The number of rotatable bonds is 6. The molecular formula is C23H23FN2O3. The summed E-state index contributed by atoms with van der Waals surface area (Å²) >= 11 is 0. The van der Waals surface area contributed by atoms with E-state index in [1.165, 1.54) is 17.7 Å². The van der Waals surface area contributed by atoms with Gasteiger partial charge in [0.05, 0.1) is 12.1 Å². The zero-order chi connectivity index (χ0) is 20.1. The normalized spacial score (nSPS) is 16.6. The molecule has 1 fully saturated rings. The van der Waals surface area contributed by atoms with Gasteiger partial charge in [0.15, 0.2) is 24.1 Å². The lowest BCUT2D eigenvalue weighted by Gasteiger charge is -2.31. The van der Waals surface area contributed by atoms with E-state index in [2.05, 4.69) is 17.1 Å². The molecule has 4 rings (SSSR count). The van der Waals surface area contributed by atoms with Gasteiger partial charge < -0.3 is 14.1 Å². The molecule has 1 aromatic heterocycles. The summed E-state index contributed by atoms with van der Waals surface area (Å²) in [5.74, 6) is 1.01. The number of hydrogen-bond donors (Lipinski definition) is 0. The molecule has 0 unspecified atom stereocenters. The Morgan fingerprint density at radius 3 is 2.79 bits per heavy atom. The fourth-order valence-electron chi connectivity index (χ4n) is 3.59. The Labute approximate surface area is 169 Å². The van der Waals surface area contributed by atoms with Crippen LogP contribution in [0.3, 0.4) is 0 Å². The molecule has 0 bridgehead atoms. The van der Waals surface area contributed by atoms with E-state index in [-0.39, 0.29) is 24.2 Å². The first-order valence-corrected chi connectivity index (χ1v) is 9.82. The number of ether oxygens (including phenoxy) is 1. The van der Waals surface area contributed by atoms with Crippen molar-refractivity contribution in [1.29, 1.82) is 0 Å². The fraction of sp³-hybridized carbons (Fsp3) is 0.304. The van der Waals surface area contributed by atoms with Crippen LogP contribution in [0.2, 0.25) is 0 Å². The molecule has 1 aliphatic heterocycles. The quantitative estimate of drug-likeness (QED) is 0.629. The molecule has 5 nitrogen and oxygen atoms in total. The van der Waals surface area contributed by atoms with Crippen molar-refractivity contribution in [3.63, 3.8) is 0 Å². The Morgan fingerprint density at radius 1 is 1.17 bits per heavy atom. The first kappa shape index (κ1) is 19.2. The van der Waals surface area contributed by atoms with Gasteiger partial charge in [-0.1, -0.05) is 42.5 Å². The van der Waals surface area contributed by atoms with Crippen LogP contribution in [0.15, 0.2) is 65.2 Å². The van der Waals surface area contributed by atoms with E-state index in [9.17, 15) is 9.18 Å². The molecular weight excluding hydrogens is 371 g/mol. The molecule has 0 radical (unpaired) electrons. The second-order valence-electron chi connectivity index (χ2n) is 7.23. The van der Waals surface area contributed by atoms with E-state index >= 15 is 0 Å². The fourth-order valence-corrected chi connectivity index (χ4v) is 3.59. The second-order valence-corrected chi connectivity index (χ2v) is 7.23. The first-order chi connectivity index (χ1) is 14.2. The lowest BCUT2D eigenvalue weighted by molar-refractivity contribution is -0.134. The number of carbonyl (C=O) groups excluding carboxylic acids is 1. The second kappa shape index (κ2) is 8.90. The average molecular weight is 394 g/mol. The van der Waals surface area contributed by atoms with Crippen molar-refractivity contribution >= 4 is 5.91 Å². The van der Waals surface area contributed by atoms with E-state index in [0.29, 0.717) is 25.4 Å². The highest BCUT2D eigenvalue weighted by Gasteiger charge is 2.28. The lowest BCUT2D eigenvalue weighted by Crippen LogP contribution is -2.41. The summed E-state index contributed by atoms with van der Waals surface area (Å²) in [6.07, 6.45) is 4.25. The third kappa shape index (κ3) is 4.83. The monoisotopic (exact) mass is 394 g/mol. The summed E-state index contributed by atoms with van der Waals surface area (Å²) in [6.45, 7) is 1.01. The van der Waals surface area contributed by atoms with E-state index in [1.54, 1.807) is 23.2 Å². The van der Waals surface area contributed by atoms with Gasteiger partial charge in [0.25, 0.3) is 5.91 Å². The number of likely N-dealkylation sites (tertiary alicyclic amines) is 1. The lowest BCUT2D eigenvalue weighted by atomic mass is 9.98. The third-order valence-corrected chi connectivity index (χ3v) is 5.10. The zero-order valence-electron chi connectivity index (χ0n) is 16.1. The first-order valence-electron chi connectivity index (χ1n) is 9.82. The molecule has 1 atom stereocenters. The predicted molar refractivity (Wildman–Crippen MR) is 106 cm³/mol.